The van der Waals surface area contributed by atoms with Gasteiger partial charge in [-0.3, -0.25) is 4.79 Å². The smallest absolute Gasteiger partial charge is 0.303 e. The zero-order valence-corrected chi connectivity index (χ0v) is 28.1. The fourth-order valence-electron chi connectivity index (χ4n) is 6.25. The van der Waals surface area contributed by atoms with E-state index in [0.29, 0.717) is 6.42 Å². The van der Waals surface area contributed by atoms with Gasteiger partial charge in [-0.15, -0.1) is 0 Å². The highest BCUT2D eigenvalue weighted by Crippen LogP contribution is 2.17. The van der Waals surface area contributed by atoms with E-state index in [4.69, 9.17) is 10.8 Å². The molecule has 0 spiro atoms. The number of unbranched alkanes of at least 4 members (excludes halogenated alkanes) is 34. The third-order valence-electron chi connectivity index (χ3n) is 9.09. The normalized spacial score (nSPS) is 11.4. The molecule has 0 amide bonds. The van der Waals surface area contributed by atoms with E-state index in [0.717, 1.165) is 19.4 Å². The van der Waals surface area contributed by atoms with Gasteiger partial charge in [-0.25, -0.2) is 0 Å². The van der Waals surface area contributed by atoms with Gasteiger partial charge in [0, 0.05) is 6.42 Å². The van der Waals surface area contributed by atoms with Crippen LogP contribution < -0.4 is 5.73 Å². The van der Waals surface area contributed by atoms with E-state index in [-0.39, 0.29) is 0 Å². The zero-order valence-electron chi connectivity index (χ0n) is 28.1. The number of rotatable bonds is 37. The minimum atomic E-state index is -0.648. The molecular weight excluding hydrogens is 502 g/mol. The van der Waals surface area contributed by atoms with Crippen LogP contribution in [0.2, 0.25) is 0 Å². The monoisotopic (exact) mass is 580 g/mol. The summed E-state index contributed by atoms with van der Waals surface area (Å²) in [6, 6.07) is 0. The van der Waals surface area contributed by atoms with Crippen molar-refractivity contribution in [2.45, 2.75) is 231 Å². The molecule has 0 saturated carbocycles. The van der Waals surface area contributed by atoms with Crippen molar-refractivity contribution in [2.75, 3.05) is 6.54 Å². The minimum Gasteiger partial charge on any atom is -0.481 e. The Morgan fingerprint density at radius 2 is 0.439 bits per heavy atom. The summed E-state index contributed by atoms with van der Waals surface area (Å²) in [5, 5.41) is 8.64. The van der Waals surface area contributed by atoms with Gasteiger partial charge in [-0.1, -0.05) is 212 Å². The maximum Gasteiger partial charge on any atom is 0.303 e. The van der Waals surface area contributed by atoms with Gasteiger partial charge in [0.25, 0.3) is 0 Å². The molecular formula is C38H77NO2. The van der Waals surface area contributed by atoms with Crippen molar-refractivity contribution in [3.8, 4) is 0 Å². The van der Waals surface area contributed by atoms with Crippen molar-refractivity contribution in [1.82, 2.24) is 0 Å². The van der Waals surface area contributed by atoms with Gasteiger partial charge < -0.3 is 10.8 Å². The van der Waals surface area contributed by atoms with Crippen LogP contribution in [0.15, 0.2) is 0 Å². The van der Waals surface area contributed by atoms with Crippen LogP contribution in [-0.2, 0) is 4.79 Å². The molecule has 0 saturated heterocycles. The van der Waals surface area contributed by atoms with Crippen LogP contribution in [-0.4, -0.2) is 17.6 Å². The molecule has 0 aliphatic carbocycles. The molecule has 0 rings (SSSR count). The zero-order chi connectivity index (χ0) is 29.7. The molecule has 0 fully saturated rings. The summed E-state index contributed by atoms with van der Waals surface area (Å²) < 4.78 is 0. The summed E-state index contributed by atoms with van der Waals surface area (Å²) >= 11 is 0. The van der Waals surface area contributed by atoms with E-state index in [1.165, 1.54) is 212 Å². The molecule has 3 heteroatoms. The highest BCUT2D eigenvalue weighted by atomic mass is 16.4. The van der Waals surface area contributed by atoms with E-state index in [9.17, 15) is 4.79 Å². The lowest BCUT2D eigenvalue weighted by atomic mass is 10.0. The fourth-order valence-corrected chi connectivity index (χ4v) is 6.25. The molecule has 3 nitrogen and oxygen atoms in total. The molecule has 0 aromatic rings. The summed E-state index contributed by atoms with van der Waals surface area (Å²) in [6.45, 7) is 0.868. The molecule has 246 valence electrons. The van der Waals surface area contributed by atoms with Crippen LogP contribution >= 0.6 is 0 Å². The topological polar surface area (TPSA) is 63.3 Å². The molecule has 0 aromatic carbocycles. The third-order valence-corrected chi connectivity index (χ3v) is 9.09. The summed E-state index contributed by atoms with van der Waals surface area (Å²) in [6.07, 6.45) is 49.3. The van der Waals surface area contributed by atoms with Crippen molar-refractivity contribution in [3.05, 3.63) is 0 Å². The molecule has 0 radical (unpaired) electrons. The Morgan fingerprint density at radius 1 is 0.293 bits per heavy atom. The second-order valence-electron chi connectivity index (χ2n) is 13.3. The molecule has 0 aliphatic heterocycles. The van der Waals surface area contributed by atoms with Crippen LogP contribution in [0.5, 0.6) is 0 Å². The van der Waals surface area contributed by atoms with Gasteiger partial charge in [0.1, 0.15) is 0 Å². The summed E-state index contributed by atoms with van der Waals surface area (Å²) in [4.78, 5) is 10.5. The first-order chi connectivity index (χ1) is 20.3. The average molecular weight is 580 g/mol. The molecule has 0 heterocycles. The van der Waals surface area contributed by atoms with Gasteiger partial charge in [0.2, 0.25) is 0 Å². The van der Waals surface area contributed by atoms with E-state index in [1.807, 2.05) is 0 Å². The van der Waals surface area contributed by atoms with E-state index in [1.54, 1.807) is 0 Å². The minimum absolute atomic E-state index is 0.345. The third kappa shape index (κ3) is 39.4. The molecule has 0 unspecified atom stereocenters. The number of carbonyl (C=O) groups is 1. The first-order valence-corrected chi connectivity index (χ1v) is 19.2. The van der Waals surface area contributed by atoms with Crippen molar-refractivity contribution in [1.29, 1.82) is 0 Å². The predicted molar refractivity (Wildman–Crippen MR) is 183 cm³/mol. The van der Waals surface area contributed by atoms with Gasteiger partial charge in [-0.2, -0.15) is 0 Å². The summed E-state index contributed by atoms with van der Waals surface area (Å²) in [5.74, 6) is -0.648. The summed E-state index contributed by atoms with van der Waals surface area (Å²) in [7, 11) is 0. The lowest BCUT2D eigenvalue weighted by Gasteiger charge is -2.05. The van der Waals surface area contributed by atoms with E-state index in [2.05, 4.69) is 0 Å². The predicted octanol–water partition coefficient (Wildman–Crippen LogP) is 13.1. The highest BCUT2D eigenvalue weighted by molar-refractivity contribution is 5.66. The number of aliphatic carboxylic acids is 1. The molecule has 3 N–H and O–H groups in total. The standard InChI is InChI=1S/C38H77NO2/c39-37-35-33-31-29-27-25-23-21-19-17-15-13-11-9-7-5-3-1-2-4-6-8-10-12-14-16-18-20-22-24-26-28-30-32-34-36-38(40)41/h1-37,39H2,(H,40,41). The second-order valence-corrected chi connectivity index (χ2v) is 13.3. The first kappa shape index (κ1) is 40.4. The quantitative estimate of drug-likeness (QED) is 0.0719. The number of hydrogen-bond donors (Lipinski definition) is 2. The van der Waals surface area contributed by atoms with Gasteiger partial charge in [0.15, 0.2) is 0 Å². The van der Waals surface area contributed by atoms with Gasteiger partial charge in [0.05, 0.1) is 0 Å². The molecule has 0 aromatic heterocycles. The molecule has 0 atom stereocenters. The Kier molecular flexibility index (Phi) is 36.9. The maximum absolute atomic E-state index is 10.5. The Bertz CT molecular complexity index is 481. The van der Waals surface area contributed by atoms with Crippen molar-refractivity contribution >= 4 is 5.97 Å². The molecule has 41 heavy (non-hydrogen) atoms. The number of carboxylic acid groups (broad SMARTS) is 1. The Labute approximate surface area is 259 Å². The Morgan fingerprint density at radius 3 is 0.585 bits per heavy atom. The maximum atomic E-state index is 10.5. The van der Waals surface area contributed by atoms with Crippen LogP contribution in [0.3, 0.4) is 0 Å². The summed E-state index contributed by atoms with van der Waals surface area (Å²) in [5.41, 5.74) is 5.55. The van der Waals surface area contributed by atoms with Gasteiger partial charge >= 0.3 is 5.97 Å². The molecule has 0 bridgehead atoms. The Hall–Kier alpha value is -0.570. The van der Waals surface area contributed by atoms with Crippen LogP contribution in [0.25, 0.3) is 0 Å². The SMILES string of the molecule is NCCCCCCCCCCCCCCCCCCCCCCCCCCCCCCCCCCCCCC(=O)O. The van der Waals surface area contributed by atoms with Crippen molar-refractivity contribution in [2.24, 2.45) is 5.73 Å². The van der Waals surface area contributed by atoms with Crippen LogP contribution in [0.1, 0.15) is 231 Å². The van der Waals surface area contributed by atoms with Crippen LogP contribution in [0.4, 0.5) is 0 Å². The van der Waals surface area contributed by atoms with Crippen LogP contribution in [0, 0.1) is 0 Å². The van der Waals surface area contributed by atoms with Crippen molar-refractivity contribution in [3.63, 3.8) is 0 Å². The lowest BCUT2D eigenvalue weighted by molar-refractivity contribution is -0.137. The van der Waals surface area contributed by atoms with E-state index >= 15 is 0 Å². The van der Waals surface area contributed by atoms with Crippen molar-refractivity contribution < 1.29 is 9.90 Å². The highest BCUT2D eigenvalue weighted by Gasteiger charge is 1.98. The Balaban J connectivity index is 3.03. The largest absolute Gasteiger partial charge is 0.481 e. The first-order valence-electron chi connectivity index (χ1n) is 19.2. The number of hydrogen-bond acceptors (Lipinski definition) is 2. The number of carboxylic acids is 1. The number of nitrogens with two attached hydrogens (primary N) is 1. The fraction of sp³-hybridized carbons (Fsp3) is 0.974. The average Bonchev–Trinajstić information content (AvgIpc) is 2.97. The van der Waals surface area contributed by atoms with Gasteiger partial charge in [-0.05, 0) is 19.4 Å². The lowest BCUT2D eigenvalue weighted by Crippen LogP contribution is -1.97. The van der Waals surface area contributed by atoms with E-state index < -0.39 is 5.97 Å². The molecule has 0 aliphatic rings. The second kappa shape index (κ2) is 37.5.